The topological polar surface area (TPSA) is 81.7 Å². The second kappa shape index (κ2) is 6.82. The number of carbonyl (C=O) groups is 1. The summed E-state index contributed by atoms with van der Waals surface area (Å²) in [5, 5.41) is 2.80. The van der Waals surface area contributed by atoms with Crippen LogP contribution in [0.2, 0.25) is 0 Å². The average molecular weight is 390 g/mol. The Bertz CT molecular complexity index is 960. The smallest absolute Gasteiger partial charge is 0.261 e. The van der Waals surface area contributed by atoms with Crippen molar-refractivity contribution in [2.45, 2.75) is 11.1 Å². The number of rotatable bonds is 2. The van der Waals surface area contributed by atoms with Crippen molar-refractivity contribution in [1.29, 1.82) is 0 Å². The van der Waals surface area contributed by atoms with E-state index in [1.807, 2.05) is 30.3 Å². The lowest BCUT2D eigenvalue weighted by Crippen LogP contribution is -2.58. The lowest BCUT2D eigenvalue weighted by atomic mass is 10.2. The number of sulfonamides is 1. The Morgan fingerprint density at radius 1 is 1.04 bits per heavy atom. The number of nitrogens with one attached hydrogen (secondary N) is 2. The maximum absolute atomic E-state index is 13.5. The van der Waals surface area contributed by atoms with Gasteiger partial charge in [0, 0.05) is 31.9 Å². The van der Waals surface area contributed by atoms with Gasteiger partial charge in [-0.15, -0.1) is 0 Å². The first-order chi connectivity index (χ1) is 12.9. The summed E-state index contributed by atoms with van der Waals surface area (Å²) >= 11 is 0. The number of piperazine rings is 1. The van der Waals surface area contributed by atoms with Crippen molar-refractivity contribution in [3.05, 3.63) is 54.3 Å². The molecule has 1 fully saturated rings. The molecule has 27 heavy (non-hydrogen) atoms. The zero-order valence-electron chi connectivity index (χ0n) is 14.4. The number of fused-ring (bicyclic) bond motifs is 1. The van der Waals surface area contributed by atoms with Crippen molar-refractivity contribution in [2.75, 3.05) is 36.4 Å². The van der Waals surface area contributed by atoms with Crippen LogP contribution in [0.25, 0.3) is 0 Å². The van der Waals surface area contributed by atoms with Crippen LogP contribution in [0.4, 0.5) is 15.8 Å². The number of hydrogen-bond donors (Lipinski definition) is 2. The molecule has 1 amide bonds. The first-order valence-corrected chi connectivity index (χ1v) is 10.1. The molecular formula is C18H19FN4O3S. The third-order valence-electron chi connectivity index (χ3n) is 4.76. The summed E-state index contributed by atoms with van der Waals surface area (Å²) in [7, 11) is -3.88. The van der Waals surface area contributed by atoms with Gasteiger partial charge in [0.25, 0.3) is 5.91 Å². The molecule has 7 nitrogen and oxygen atoms in total. The molecule has 0 unspecified atom stereocenters. The average Bonchev–Trinajstić information content (AvgIpc) is 2.67. The summed E-state index contributed by atoms with van der Waals surface area (Å²) < 4.78 is 40.6. The molecule has 2 aliphatic heterocycles. The molecule has 4 rings (SSSR count). The molecule has 2 N–H and O–H groups in total. The normalized spacial score (nSPS) is 21.3. The standard InChI is InChI=1S/C18H19FN4O3S/c19-13-6-7-16-15(12-13)20-17(21-27(16,25)26)18(24)23-10-8-22(9-11-23)14-4-2-1-3-5-14/h1-7,12,17,20-21H,8-11H2/t17-/m0/s1. The fourth-order valence-electron chi connectivity index (χ4n) is 3.37. The van der Waals surface area contributed by atoms with Crippen LogP contribution >= 0.6 is 0 Å². The first kappa shape index (κ1) is 17.7. The zero-order chi connectivity index (χ0) is 19.0. The van der Waals surface area contributed by atoms with E-state index in [0.717, 1.165) is 17.8 Å². The third kappa shape index (κ3) is 3.47. The Kier molecular flexibility index (Phi) is 4.48. The molecule has 2 aliphatic rings. The van der Waals surface area contributed by atoms with Gasteiger partial charge in [-0.05, 0) is 30.3 Å². The van der Waals surface area contributed by atoms with Gasteiger partial charge in [-0.3, -0.25) is 4.79 Å². The monoisotopic (exact) mass is 390 g/mol. The third-order valence-corrected chi connectivity index (χ3v) is 6.24. The maximum atomic E-state index is 13.5. The SMILES string of the molecule is O=C([C@H]1Nc2cc(F)ccc2S(=O)(=O)N1)N1CCN(c2ccccc2)CC1. The van der Waals surface area contributed by atoms with Gasteiger partial charge in [-0.25, -0.2) is 12.8 Å². The summed E-state index contributed by atoms with van der Waals surface area (Å²) in [6.07, 6.45) is -1.15. The van der Waals surface area contributed by atoms with Gasteiger partial charge in [-0.2, -0.15) is 4.72 Å². The molecule has 2 heterocycles. The van der Waals surface area contributed by atoms with Crippen LogP contribution in [-0.4, -0.2) is 51.6 Å². The Morgan fingerprint density at radius 3 is 2.44 bits per heavy atom. The van der Waals surface area contributed by atoms with E-state index in [1.54, 1.807) is 4.90 Å². The van der Waals surface area contributed by atoms with Gasteiger partial charge in [0.15, 0.2) is 6.17 Å². The van der Waals surface area contributed by atoms with Crippen molar-refractivity contribution in [2.24, 2.45) is 0 Å². The van der Waals surface area contributed by atoms with Crippen LogP contribution in [0.5, 0.6) is 0 Å². The Labute approximate surface area is 156 Å². The highest BCUT2D eigenvalue weighted by atomic mass is 32.2. The van der Waals surface area contributed by atoms with Gasteiger partial charge in [0.2, 0.25) is 10.0 Å². The number of nitrogens with zero attached hydrogens (tertiary/aromatic N) is 2. The lowest BCUT2D eigenvalue weighted by Gasteiger charge is -2.38. The summed E-state index contributed by atoms with van der Waals surface area (Å²) in [6.45, 7) is 2.26. The number of hydrogen-bond acceptors (Lipinski definition) is 5. The second-order valence-corrected chi connectivity index (χ2v) is 8.17. The summed E-state index contributed by atoms with van der Waals surface area (Å²) in [6, 6.07) is 13.2. The highest BCUT2D eigenvalue weighted by molar-refractivity contribution is 7.89. The minimum Gasteiger partial charge on any atom is -0.368 e. The van der Waals surface area contributed by atoms with Crippen molar-refractivity contribution >= 4 is 27.3 Å². The van der Waals surface area contributed by atoms with Gasteiger partial charge >= 0.3 is 0 Å². The zero-order valence-corrected chi connectivity index (χ0v) is 15.2. The Balaban J connectivity index is 1.46. The molecule has 1 atom stereocenters. The fourth-order valence-corrected chi connectivity index (χ4v) is 4.62. The molecule has 142 valence electrons. The number of benzene rings is 2. The van der Waals surface area contributed by atoms with E-state index >= 15 is 0 Å². The number of halogens is 1. The minimum absolute atomic E-state index is 0.0677. The highest BCUT2D eigenvalue weighted by Crippen LogP contribution is 2.27. The van der Waals surface area contributed by atoms with Crippen molar-refractivity contribution in [1.82, 2.24) is 9.62 Å². The number of amides is 1. The highest BCUT2D eigenvalue weighted by Gasteiger charge is 2.36. The molecule has 0 bridgehead atoms. The lowest BCUT2D eigenvalue weighted by molar-refractivity contribution is -0.132. The van der Waals surface area contributed by atoms with Crippen LogP contribution < -0.4 is 14.9 Å². The Hall–Kier alpha value is -2.65. The fraction of sp³-hybridized carbons (Fsp3) is 0.278. The van der Waals surface area contributed by atoms with E-state index < -0.39 is 22.0 Å². The summed E-state index contributed by atoms with van der Waals surface area (Å²) in [5.74, 6) is -0.942. The predicted octanol–water partition coefficient (Wildman–Crippen LogP) is 1.20. The van der Waals surface area contributed by atoms with E-state index in [9.17, 15) is 17.6 Å². The molecular weight excluding hydrogens is 371 g/mol. The van der Waals surface area contributed by atoms with E-state index in [2.05, 4.69) is 14.9 Å². The molecule has 0 spiro atoms. The number of para-hydroxylation sites is 1. The quantitative estimate of drug-likeness (QED) is 0.806. The van der Waals surface area contributed by atoms with Crippen LogP contribution in [0.1, 0.15) is 0 Å². The summed E-state index contributed by atoms with van der Waals surface area (Å²) in [4.78, 5) is 16.5. The first-order valence-electron chi connectivity index (χ1n) is 8.61. The van der Waals surface area contributed by atoms with Crippen LogP contribution in [0, 0.1) is 5.82 Å². The van der Waals surface area contributed by atoms with E-state index in [-0.39, 0.29) is 16.5 Å². The van der Waals surface area contributed by atoms with Gasteiger partial charge in [0.1, 0.15) is 10.7 Å². The van der Waals surface area contributed by atoms with Gasteiger partial charge in [-0.1, -0.05) is 18.2 Å². The molecule has 1 saturated heterocycles. The molecule has 0 radical (unpaired) electrons. The Morgan fingerprint density at radius 2 is 1.74 bits per heavy atom. The number of carbonyl (C=O) groups excluding carboxylic acids is 1. The van der Waals surface area contributed by atoms with Crippen LogP contribution in [0.3, 0.4) is 0 Å². The van der Waals surface area contributed by atoms with Gasteiger partial charge in [0.05, 0.1) is 5.69 Å². The van der Waals surface area contributed by atoms with Gasteiger partial charge < -0.3 is 15.1 Å². The predicted molar refractivity (Wildman–Crippen MR) is 99.4 cm³/mol. The molecule has 0 saturated carbocycles. The van der Waals surface area contributed by atoms with E-state index in [0.29, 0.717) is 26.2 Å². The largest absolute Gasteiger partial charge is 0.368 e. The molecule has 0 aromatic heterocycles. The molecule has 9 heteroatoms. The van der Waals surface area contributed by atoms with Crippen molar-refractivity contribution in [3.8, 4) is 0 Å². The van der Waals surface area contributed by atoms with Crippen LogP contribution in [-0.2, 0) is 14.8 Å². The second-order valence-electron chi connectivity index (χ2n) is 6.49. The maximum Gasteiger partial charge on any atom is 0.261 e. The minimum atomic E-state index is -3.88. The molecule has 0 aliphatic carbocycles. The van der Waals surface area contributed by atoms with Crippen molar-refractivity contribution in [3.63, 3.8) is 0 Å². The number of anilines is 2. The van der Waals surface area contributed by atoms with Crippen LogP contribution in [0.15, 0.2) is 53.4 Å². The molecule has 2 aromatic carbocycles. The molecule has 2 aromatic rings. The van der Waals surface area contributed by atoms with E-state index in [1.165, 1.54) is 6.07 Å². The summed E-state index contributed by atoms with van der Waals surface area (Å²) in [5.41, 5.74) is 1.18. The van der Waals surface area contributed by atoms with E-state index in [4.69, 9.17) is 0 Å². The van der Waals surface area contributed by atoms with Crippen molar-refractivity contribution < 1.29 is 17.6 Å².